The van der Waals surface area contributed by atoms with E-state index in [9.17, 15) is 4.39 Å². The molecule has 1 N–H and O–H groups in total. The summed E-state index contributed by atoms with van der Waals surface area (Å²) in [4.78, 5) is 11.3. The summed E-state index contributed by atoms with van der Waals surface area (Å²) in [6.45, 7) is 6.26. The first kappa shape index (κ1) is 16.0. The molecule has 1 aromatic heterocycles. The molecule has 3 rings (SSSR count). The maximum Gasteiger partial charge on any atom is 0.229 e. The fraction of sp³-hybridized carbons (Fsp3) is 0.412. The Morgan fingerprint density at radius 1 is 1.22 bits per heavy atom. The van der Waals surface area contributed by atoms with Gasteiger partial charge in [0.05, 0.1) is 5.02 Å². The van der Waals surface area contributed by atoms with Crippen LogP contribution in [0, 0.1) is 18.7 Å². The largest absolute Gasteiger partial charge is 0.356 e. The SMILES string of the molecule is Cc1cc(N2CCC(C)CC2)nc(Nc2ccc(F)c(Cl)c2)n1. The van der Waals surface area contributed by atoms with Gasteiger partial charge in [0.15, 0.2) is 0 Å². The van der Waals surface area contributed by atoms with Gasteiger partial charge in [0.2, 0.25) is 5.95 Å². The molecule has 0 atom stereocenters. The zero-order valence-electron chi connectivity index (χ0n) is 13.3. The number of aryl methyl sites for hydroxylation is 1. The summed E-state index contributed by atoms with van der Waals surface area (Å²) in [5, 5.41) is 3.18. The Balaban J connectivity index is 1.81. The van der Waals surface area contributed by atoms with Crippen molar-refractivity contribution in [2.45, 2.75) is 26.7 Å². The average Bonchev–Trinajstić information content (AvgIpc) is 2.51. The van der Waals surface area contributed by atoms with Crippen molar-refractivity contribution in [2.24, 2.45) is 5.92 Å². The van der Waals surface area contributed by atoms with E-state index in [1.54, 1.807) is 6.07 Å². The van der Waals surface area contributed by atoms with E-state index in [1.165, 1.54) is 25.0 Å². The molecular formula is C17H20ClFN4. The number of aromatic nitrogens is 2. The summed E-state index contributed by atoms with van der Waals surface area (Å²) in [6, 6.07) is 6.48. The molecule has 0 unspecified atom stereocenters. The van der Waals surface area contributed by atoms with E-state index in [4.69, 9.17) is 11.6 Å². The summed E-state index contributed by atoms with van der Waals surface area (Å²) in [5.41, 5.74) is 1.56. The van der Waals surface area contributed by atoms with Gasteiger partial charge in [0, 0.05) is 30.5 Å². The Hall–Kier alpha value is -1.88. The molecule has 122 valence electrons. The highest BCUT2D eigenvalue weighted by Gasteiger charge is 2.18. The molecule has 1 aliphatic heterocycles. The second kappa shape index (κ2) is 6.71. The number of nitrogens with zero attached hydrogens (tertiary/aromatic N) is 3. The molecule has 1 fully saturated rings. The van der Waals surface area contributed by atoms with Gasteiger partial charge in [-0.05, 0) is 43.9 Å². The van der Waals surface area contributed by atoms with Gasteiger partial charge in [0.25, 0.3) is 0 Å². The minimum Gasteiger partial charge on any atom is -0.356 e. The highest BCUT2D eigenvalue weighted by Crippen LogP contribution is 2.25. The van der Waals surface area contributed by atoms with Crippen LogP contribution in [0.25, 0.3) is 0 Å². The lowest BCUT2D eigenvalue weighted by atomic mass is 9.99. The fourth-order valence-electron chi connectivity index (χ4n) is 2.71. The molecule has 1 aromatic carbocycles. The summed E-state index contributed by atoms with van der Waals surface area (Å²) in [7, 11) is 0. The van der Waals surface area contributed by atoms with E-state index >= 15 is 0 Å². The van der Waals surface area contributed by atoms with E-state index < -0.39 is 5.82 Å². The molecule has 0 radical (unpaired) electrons. The Bertz CT molecular complexity index is 699. The molecule has 23 heavy (non-hydrogen) atoms. The zero-order chi connectivity index (χ0) is 16.4. The van der Waals surface area contributed by atoms with Crippen LogP contribution in [0.5, 0.6) is 0 Å². The Morgan fingerprint density at radius 2 is 1.96 bits per heavy atom. The smallest absolute Gasteiger partial charge is 0.229 e. The topological polar surface area (TPSA) is 41.1 Å². The Morgan fingerprint density at radius 3 is 2.65 bits per heavy atom. The third kappa shape index (κ3) is 3.91. The number of halogens is 2. The molecular weight excluding hydrogens is 315 g/mol. The molecule has 0 spiro atoms. The number of benzene rings is 1. The second-order valence-electron chi connectivity index (χ2n) is 6.11. The standard InChI is InChI=1S/C17H20ClFN4/c1-11-5-7-23(8-6-11)16-9-12(2)20-17(22-16)21-13-3-4-15(19)14(18)10-13/h3-4,9-11H,5-8H2,1-2H3,(H,20,21,22). The average molecular weight is 335 g/mol. The van der Waals surface area contributed by atoms with E-state index in [0.29, 0.717) is 11.6 Å². The zero-order valence-corrected chi connectivity index (χ0v) is 14.1. The molecule has 0 aliphatic carbocycles. The number of rotatable bonds is 3. The van der Waals surface area contributed by atoms with E-state index in [-0.39, 0.29) is 5.02 Å². The molecule has 1 aliphatic rings. The molecule has 2 aromatic rings. The highest BCUT2D eigenvalue weighted by atomic mass is 35.5. The van der Waals surface area contributed by atoms with Crippen molar-refractivity contribution in [1.82, 2.24) is 9.97 Å². The lowest BCUT2D eigenvalue weighted by Crippen LogP contribution is -2.33. The van der Waals surface area contributed by atoms with Crippen LogP contribution < -0.4 is 10.2 Å². The lowest BCUT2D eigenvalue weighted by molar-refractivity contribution is 0.436. The number of anilines is 3. The van der Waals surface area contributed by atoms with Crippen LogP contribution in [0.2, 0.25) is 5.02 Å². The van der Waals surface area contributed by atoms with E-state index in [0.717, 1.165) is 30.5 Å². The fourth-order valence-corrected chi connectivity index (χ4v) is 2.89. The normalized spacial score (nSPS) is 15.7. The van der Waals surface area contributed by atoms with Crippen molar-refractivity contribution < 1.29 is 4.39 Å². The summed E-state index contributed by atoms with van der Waals surface area (Å²) < 4.78 is 13.2. The number of hydrogen-bond acceptors (Lipinski definition) is 4. The number of piperidine rings is 1. The highest BCUT2D eigenvalue weighted by molar-refractivity contribution is 6.31. The van der Waals surface area contributed by atoms with Gasteiger partial charge in [-0.25, -0.2) is 9.37 Å². The summed E-state index contributed by atoms with van der Waals surface area (Å²) in [6.07, 6.45) is 2.36. The number of hydrogen-bond donors (Lipinski definition) is 1. The number of nitrogens with one attached hydrogen (secondary N) is 1. The van der Waals surface area contributed by atoms with Gasteiger partial charge >= 0.3 is 0 Å². The maximum atomic E-state index is 13.2. The lowest BCUT2D eigenvalue weighted by Gasteiger charge is -2.31. The minimum absolute atomic E-state index is 0.0768. The van der Waals surface area contributed by atoms with Crippen molar-refractivity contribution >= 4 is 29.1 Å². The monoisotopic (exact) mass is 334 g/mol. The Kier molecular flexibility index (Phi) is 4.66. The van der Waals surface area contributed by atoms with Crippen LogP contribution in [0.15, 0.2) is 24.3 Å². The van der Waals surface area contributed by atoms with Crippen LogP contribution >= 0.6 is 11.6 Å². The third-order valence-electron chi connectivity index (χ3n) is 4.12. The second-order valence-corrected chi connectivity index (χ2v) is 6.52. The maximum absolute atomic E-state index is 13.2. The van der Waals surface area contributed by atoms with Crippen LogP contribution in [0.3, 0.4) is 0 Å². The van der Waals surface area contributed by atoms with Crippen LogP contribution in [0.4, 0.5) is 21.8 Å². The first-order valence-corrected chi connectivity index (χ1v) is 8.22. The van der Waals surface area contributed by atoms with Gasteiger partial charge in [-0.3, -0.25) is 0 Å². The van der Waals surface area contributed by atoms with Gasteiger partial charge in [-0.15, -0.1) is 0 Å². The third-order valence-corrected chi connectivity index (χ3v) is 4.41. The molecule has 0 saturated carbocycles. The van der Waals surface area contributed by atoms with Crippen molar-refractivity contribution in [3.8, 4) is 0 Å². The van der Waals surface area contributed by atoms with Gasteiger partial charge in [-0.1, -0.05) is 18.5 Å². The summed E-state index contributed by atoms with van der Waals surface area (Å²) >= 11 is 5.81. The van der Waals surface area contributed by atoms with Gasteiger partial charge in [0.1, 0.15) is 11.6 Å². The summed E-state index contributed by atoms with van der Waals surface area (Å²) in [5.74, 6) is 1.76. The van der Waals surface area contributed by atoms with E-state index in [2.05, 4.69) is 27.1 Å². The van der Waals surface area contributed by atoms with Gasteiger partial charge in [-0.2, -0.15) is 4.98 Å². The molecule has 2 heterocycles. The molecule has 0 bridgehead atoms. The van der Waals surface area contributed by atoms with Crippen LogP contribution in [-0.4, -0.2) is 23.1 Å². The first-order valence-electron chi connectivity index (χ1n) is 7.84. The first-order chi connectivity index (χ1) is 11.0. The predicted molar refractivity (Wildman–Crippen MR) is 92.1 cm³/mol. The van der Waals surface area contributed by atoms with Crippen LogP contribution in [-0.2, 0) is 0 Å². The molecule has 1 saturated heterocycles. The van der Waals surface area contributed by atoms with Crippen molar-refractivity contribution in [2.75, 3.05) is 23.3 Å². The van der Waals surface area contributed by atoms with E-state index in [1.807, 2.05) is 13.0 Å². The minimum atomic E-state index is -0.439. The predicted octanol–water partition coefficient (Wildman–Crippen LogP) is 4.56. The van der Waals surface area contributed by atoms with Crippen molar-refractivity contribution in [3.05, 3.63) is 40.8 Å². The quantitative estimate of drug-likeness (QED) is 0.893. The molecule has 6 heteroatoms. The van der Waals surface area contributed by atoms with Gasteiger partial charge < -0.3 is 10.2 Å². The molecule has 0 amide bonds. The molecule has 4 nitrogen and oxygen atoms in total. The van der Waals surface area contributed by atoms with Crippen molar-refractivity contribution in [3.63, 3.8) is 0 Å². The van der Waals surface area contributed by atoms with Crippen molar-refractivity contribution in [1.29, 1.82) is 0 Å². The Labute approximate surface area is 140 Å². The van der Waals surface area contributed by atoms with Crippen LogP contribution in [0.1, 0.15) is 25.5 Å².